The number of anilines is 2. The largest absolute Gasteiger partial charge is 0.493 e. The highest BCUT2D eigenvalue weighted by Gasteiger charge is 2.20. The summed E-state index contributed by atoms with van der Waals surface area (Å²) in [4.78, 5) is 0. The van der Waals surface area contributed by atoms with E-state index in [0.717, 1.165) is 24.8 Å². The summed E-state index contributed by atoms with van der Waals surface area (Å²) in [5.41, 5.74) is 7.43. The number of nitrogens with two attached hydrogens (primary N) is 1. The zero-order valence-corrected chi connectivity index (χ0v) is 11.6. The van der Waals surface area contributed by atoms with E-state index < -0.39 is 0 Å². The molecule has 1 aliphatic rings. The van der Waals surface area contributed by atoms with Gasteiger partial charge in [-0.15, -0.1) is 0 Å². The molecule has 5 heteroatoms. The molecule has 19 heavy (non-hydrogen) atoms. The first-order chi connectivity index (χ1) is 9.24. The number of hydrogen-bond donors (Lipinski definition) is 2. The first kappa shape index (κ1) is 13.8. The molecule has 1 aromatic carbocycles. The Bertz CT molecular complexity index is 419. The molecular formula is C14H22N2O3. The number of benzene rings is 1. The zero-order valence-electron chi connectivity index (χ0n) is 11.6. The maximum Gasteiger partial charge on any atom is 0.162 e. The summed E-state index contributed by atoms with van der Waals surface area (Å²) in [6.45, 7) is 2.29. The van der Waals surface area contributed by atoms with E-state index in [1.165, 1.54) is 12.8 Å². The Morgan fingerprint density at radius 1 is 1.21 bits per heavy atom. The molecule has 0 aliphatic heterocycles. The van der Waals surface area contributed by atoms with Gasteiger partial charge in [-0.25, -0.2) is 0 Å². The summed E-state index contributed by atoms with van der Waals surface area (Å²) in [5, 5.41) is 3.25. The molecule has 0 spiro atoms. The zero-order chi connectivity index (χ0) is 13.7. The van der Waals surface area contributed by atoms with Crippen molar-refractivity contribution in [3.8, 4) is 11.5 Å². The molecule has 0 unspecified atom stereocenters. The van der Waals surface area contributed by atoms with Gasteiger partial charge in [0.1, 0.15) is 0 Å². The van der Waals surface area contributed by atoms with Gasteiger partial charge in [0.05, 0.1) is 32.2 Å². The molecule has 0 heterocycles. The minimum Gasteiger partial charge on any atom is -0.493 e. The highest BCUT2D eigenvalue weighted by Crippen LogP contribution is 2.34. The lowest BCUT2D eigenvalue weighted by Gasteiger charge is -2.14. The topological polar surface area (TPSA) is 65.7 Å². The van der Waals surface area contributed by atoms with Crippen molar-refractivity contribution in [2.24, 2.45) is 5.92 Å². The smallest absolute Gasteiger partial charge is 0.162 e. The van der Waals surface area contributed by atoms with Crippen molar-refractivity contribution >= 4 is 11.4 Å². The van der Waals surface area contributed by atoms with Crippen LogP contribution in [0.1, 0.15) is 12.8 Å². The van der Waals surface area contributed by atoms with Crippen LogP contribution >= 0.6 is 0 Å². The first-order valence-corrected chi connectivity index (χ1v) is 6.57. The van der Waals surface area contributed by atoms with Gasteiger partial charge in [-0.2, -0.15) is 0 Å². The number of nitrogen functional groups attached to an aromatic ring is 1. The minimum absolute atomic E-state index is 0.635. The van der Waals surface area contributed by atoms with Gasteiger partial charge in [0.2, 0.25) is 0 Å². The van der Waals surface area contributed by atoms with E-state index in [1.807, 2.05) is 6.07 Å². The molecule has 2 rings (SSSR count). The van der Waals surface area contributed by atoms with E-state index >= 15 is 0 Å². The maximum atomic E-state index is 5.95. The first-order valence-electron chi connectivity index (χ1n) is 6.57. The van der Waals surface area contributed by atoms with Gasteiger partial charge in [0, 0.05) is 25.3 Å². The Balaban J connectivity index is 1.84. The van der Waals surface area contributed by atoms with E-state index in [9.17, 15) is 0 Å². The maximum absolute atomic E-state index is 5.95. The van der Waals surface area contributed by atoms with Crippen molar-refractivity contribution in [1.29, 1.82) is 0 Å². The fourth-order valence-electron chi connectivity index (χ4n) is 1.84. The minimum atomic E-state index is 0.635. The fourth-order valence-corrected chi connectivity index (χ4v) is 1.84. The van der Waals surface area contributed by atoms with E-state index in [2.05, 4.69) is 5.32 Å². The second-order valence-electron chi connectivity index (χ2n) is 4.74. The number of methoxy groups -OCH3 is 2. The summed E-state index contributed by atoms with van der Waals surface area (Å²) in [6, 6.07) is 3.60. The lowest BCUT2D eigenvalue weighted by Crippen LogP contribution is -2.12. The van der Waals surface area contributed by atoms with Crippen molar-refractivity contribution < 1.29 is 14.2 Å². The van der Waals surface area contributed by atoms with Crippen LogP contribution in [0.15, 0.2) is 12.1 Å². The van der Waals surface area contributed by atoms with Crippen LogP contribution in [0.5, 0.6) is 11.5 Å². The average Bonchev–Trinajstić information content (AvgIpc) is 3.23. The molecule has 1 aromatic rings. The number of ether oxygens (including phenoxy) is 3. The molecule has 1 saturated carbocycles. The number of hydrogen-bond acceptors (Lipinski definition) is 5. The molecule has 0 saturated heterocycles. The molecule has 0 bridgehead atoms. The normalized spacial score (nSPS) is 14.2. The summed E-state index contributed by atoms with van der Waals surface area (Å²) < 4.78 is 16.0. The Hall–Kier alpha value is -1.62. The Morgan fingerprint density at radius 2 is 1.89 bits per heavy atom. The van der Waals surface area contributed by atoms with Crippen molar-refractivity contribution in [1.82, 2.24) is 0 Å². The molecular weight excluding hydrogens is 244 g/mol. The summed E-state index contributed by atoms with van der Waals surface area (Å²) in [7, 11) is 3.20. The molecule has 0 atom stereocenters. The summed E-state index contributed by atoms with van der Waals surface area (Å²) in [5.74, 6) is 2.10. The Kier molecular flexibility index (Phi) is 4.74. The lowest BCUT2D eigenvalue weighted by atomic mass is 10.2. The van der Waals surface area contributed by atoms with E-state index in [1.54, 1.807) is 20.3 Å². The van der Waals surface area contributed by atoms with Gasteiger partial charge in [0.15, 0.2) is 11.5 Å². The fraction of sp³-hybridized carbons (Fsp3) is 0.571. The predicted molar refractivity (Wildman–Crippen MR) is 76.0 cm³/mol. The van der Waals surface area contributed by atoms with Gasteiger partial charge in [-0.05, 0) is 18.8 Å². The van der Waals surface area contributed by atoms with Gasteiger partial charge in [-0.1, -0.05) is 0 Å². The lowest BCUT2D eigenvalue weighted by molar-refractivity contribution is 0.134. The van der Waals surface area contributed by atoms with Crippen molar-refractivity contribution in [3.63, 3.8) is 0 Å². The van der Waals surface area contributed by atoms with Crippen molar-refractivity contribution in [2.45, 2.75) is 12.8 Å². The van der Waals surface area contributed by atoms with Gasteiger partial charge >= 0.3 is 0 Å². The van der Waals surface area contributed by atoms with Crippen molar-refractivity contribution in [3.05, 3.63) is 12.1 Å². The molecule has 1 aliphatic carbocycles. The van der Waals surface area contributed by atoms with Gasteiger partial charge < -0.3 is 25.3 Å². The van der Waals surface area contributed by atoms with Crippen LogP contribution in [-0.4, -0.2) is 34.0 Å². The third-order valence-corrected chi connectivity index (χ3v) is 3.17. The summed E-state index contributed by atoms with van der Waals surface area (Å²) >= 11 is 0. The quantitative estimate of drug-likeness (QED) is 0.557. The van der Waals surface area contributed by atoms with Crippen LogP contribution in [0, 0.1) is 5.92 Å². The molecule has 5 nitrogen and oxygen atoms in total. The molecule has 1 fully saturated rings. The molecule has 0 radical (unpaired) electrons. The second-order valence-corrected chi connectivity index (χ2v) is 4.74. The SMILES string of the molecule is COc1cc(N)c(NCCOCC2CC2)cc1OC. The highest BCUT2D eigenvalue weighted by atomic mass is 16.5. The van der Waals surface area contributed by atoms with E-state index in [-0.39, 0.29) is 0 Å². The van der Waals surface area contributed by atoms with E-state index in [4.69, 9.17) is 19.9 Å². The standard InChI is InChI=1S/C14H22N2O3/c1-17-13-7-11(15)12(8-14(13)18-2)16-5-6-19-9-10-3-4-10/h7-8,10,16H,3-6,9,15H2,1-2H3. The predicted octanol–water partition coefficient (Wildman–Crippen LogP) is 2.12. The highest BCUT2D eigenvalue weighted by molar-refractivity contribution is 5.72. The Morgan fingerprint density at radius 3 is 2.53 bits per heavy atom. The van der Waals surface area contributed by atoms with E-state index in [0.29, 0.717) is 23.8 Å². The van der Waals surface area contributed by atoms with Crippen LogP contribution in [0.3, 0.4) is 0 Å². The molecule has 0 aromatic heterocycles. The van der Waals surface area contributed by atoms with Crippen LogP contribution < -0.4 is 20.5 Å². The Labute approximate surface area is 114 Å². The monoisotopic (exact) mass is 266 g/mol. The van der Waals surface area contributed by atoms with Crippen molar-refractivity contribution in [2.75, 3.05) is 45.0 Å². The van der Waals surface area contributed by atoms with Crippen LogP contribution in [0.2, 0.25) is 0 Å². The van der Waals surface area contributed by atoms with Crippen LogP contribution in [0.4, 0.5) is 11.4 Å². The van der Waals surface area contributed by atoms with Crippen LogP contribution in [0.25, 0.3) is 0 Å². The average molecular weight is 266 g/mol. The number of nitrogens with one attached hydrogen (secondary N) is 1. The van der Waals surface area contributed by atoms with Gasteiger partial charge in [0.25, 0.3) is 0 Å². The second kappa shape index (κ2) is 6.52. The molecule has 3 N–H and O–H groups in total. The third-order valence-electron chi connectivity index (χ3n) is 3.17. The third kappa shape index (κ3) is 3.92. The van der Waals surface area contributed by atoms with Crippen LogP contribution in [-0.2, 0) is 4.74 Å². The summed E-state index contributed by atoms with van der Waals surface area (Å²) in [6.07, 6.45) is 2.63. The molecule has 0 amide bonds. The molecule has 106 valence electrons. The van der Waals surface area contributed by atoms with Gasteiger partial charge in [-0.3, -0.25) is 0 Å². The number of rotatable bonds is 8.